The van der Waals surface area contributed by atoms with Crippen LogP contribution in [0.15, 0.2) is 72.8 Å². The van der Waals surface area contributed by atoms with Gasteiger partial charge in [0.1, 0.15) is 11.8 Å². The number of benzene rings is 3. The van der Waals surface area contributed by atoms with E-state index in [0.717, 1.165) is 16.9 Å². The smallest absolute Gasteiger partial charge is 0.256 e. The molecule has 0 radical (unpaired) electrons. The van der Waals surface area contributed by atoms with Gasteiger partial charge in [0.05, 0.1) is 24.9 Å². The molecule has 1 saturated heterocycles. The van der Waals surface area contributed by atoms with E-state index in [0.29, 0.717) is 29.9 Å². The minimum Gasteiger partial charge on any atom is -0.497 e. The SMILES string of the molecule is COc1ccc(-c2ccc3c(c2)C(=O)N2CCN(C(=O)c4ccccc4)C[C@@H]2C(=O)N3)cc1. The standard InChI is InChI=1S/C26H23N3O4/c1-33-20-10-7-17(8-11-20)19-9-12-22-21(15-19)26(32)29-14-13-28(16-23(29)24(30)27-22)25(31)18-5-3-2-4-6-18/h2-12,15,23H,13-14,16H2,1H3,(H,27,30)/t23-/m1/s1. The van der Waals surface area contributed by atoms with Crippen LogP contribution in [0.4, 0.5) is 5.69 Å². The van der Waals surface area contributed by atoms with Crippen molar-refractivity contribution in [1.29, 1.82) is 0 Å². The van der Waals surface area contributed by atoms with Crippen LogP contribution >= 0.6 is 0 Å². The number of rotatable bonds is 3. The van der Waals surface area contributed by atoms with Gasteiger partial charge in [-0.2, -0.15) is 0 Å². The van der Waals surface area contributed by atoms with Crippen LogP contribution in [0.2, 0.25) is 0 Å². The van der Waals surface area contributed by atoms with E-state index in [1.165, 1.54) is 0 Å². The van der Waals surface area contributed by atoms with E-state index < -0.39 is 6.04 Å². The molecule has 1 fully saturated rings. The van der Waals surface area contributed by atoms with Crippen LogP contribution in [0.25, 0.3) is 11.1 Å². The van der Waals surface area contributed by atoms with Crippen molar-refractivity contribution in [2.75, 3.05) is 32.1 Å². The highest BCUT2D eigenvalue weighted by atomic mass is 16.5. The van der Waals surface area contributed by atoms with E-state index in [9.17, 15) is 14.4 Å². The third-order valence-electron chi connectivity index (χ3n) is 6.18. The first-order valence-corrected chi connectivity index (χ1v) is 10.8. The minimum atomic E-state index is -0.740. The fourth-order valence-electron chi connectivity index (χ4n) is 4.36. The maximum Gasteiger partial charge on any atom is 0.256 e. The third-order valence-corrected chi connectivity index (χ3v) is 6.18. The van der Waals surface area contributed by atoms with Crippen LogP contribution in [0.1, 0.15) is 20.7 Å². The van der Waals surface area contributed by atoms with Gasteiger partial charge in [-0.25, -0.2) is 0 Å². The Morgan fingerprint density at radius 2 is 1.67 bits per heavy atom. The lowest BCUT2D eigenvalue weighted by Gasteiger charge is -2.39. The number of amides is 3. The molecule has 0 bridgehead atoms. The Hall–Kier alpha value is -4.13. The number of fused-ring (bicyclic) bond motifs is 2. The van der Waals surface area contributed by atoms with Crippen molar-refractivity contribution in [1.82, 2.24) is 9.80 Å². The molecule has 33 heavy (non-hydrogen) atoms. The molecule has 3 aromatic carbocycles. The maximum absolute atomic E-state index is 13.5. The summed E-state index contributed by atoms with van der Waals surface area (Å²) in [6.07, 6.45) is 0. The molecule has 3 amide bonds. The Kier molecular flexibility index (Phi) is 5.30. The van der Waals surface area contributed by atoms with E-state index >= 15 is 0 Å². The van der Waals surface area contributed by atoms with E-state index in [-0.39, 0.29) is 24.3 Å². The summed E-state index contributed by atoms with van der Waals surface area (Å²) in [6.45, 7) is 0.822. The second kappa shape index (κ2) is 8.43. The van der Waals surface area contributed by atoms with E-state index in [1.807, 2.05) is 54.6 Å². The highest BCUT2D eigenvalue weighted by Gasteiger charge is 2.40. The number of nitrogens with zero attached hydrogens (tertiary/aromatic N) is 2. The largest absolute Gasteiger partial charge is 0.497 e. The van der Waals surface area contributed by atoms with E-state index in [1.54, 1.807) is 35.1 Å². The Morgan fingerprint density at radius 1 is 0.939 bits per heavy atom. The van der Waals surface area contributed by atoms with Crippen molar-refractivity contribution in [3.05, 3.63) is 83.9 Å². The first kappa shape index (κ1) is 20.8. The Balaban J connectivity index is 1.42. The molecule has 3 aromatic rings. The van der Waals surface area contributed by atoms with Gasteiger partial charge in [0.15, 0.2) is 0 Å². The maximum atomic E-state index is 13.5. The lowest BCUT2D eigenvalue weighted by Crippen LogP contribution is -2.59. The molecule has 5 rings (SSSR count). The number of hydrogen-bond donors (Lipinski definition) is 1. The van der Waals surface area contributed by atoms with E-state index in [4.69, 9.17) is 4.74 Å². The third kappa shape index (κ3) is 3.82. The lowest BCUT2D eigenvalue weighted by molar-refractivity contribution is -0.121. The zero-order valence-corrected chi connectivity index (χ0v) is 18.2. The van der Waals surface area contributed by atoms with Gasteiger partial charge in [0, 0.05) is 18.7 Å². The summed E-state index contributed by atoms with van der Waals surface area (Å²) in [5.74, 6) is 0.113. The van der Waals surface area contributed by atoms with Crippen molar-refractivity contribution in [2.45, 2.75) is 6.04 Å². The summed E-state index contributed by atoms with van der Waals surface area (Å²) < 4.78 is 5.22. The lowest BCUT2D eigenvalue weighted by atomic mass is 10.0. The van der Waals surface area contributed by atoms with Crippen LogP contribution in [0.3, 0.4) is 0 Å². The van der Waals surface area contributed by atoms with Crippen LogP contribution in [0, 0.1) is 0 Å². The molecule has 2 heterocycles. The molecule has 0 aromatic heterocycles. The average molecular weight is 441 g/mol. The summed E-state index contributed by atoms with van der Waals surface area (Å²) in [5.41, 5.74) is 3.31. The normalized spacial score (nSPS) is 17.5. The minimum absolute atomic E-state index is 0.140. The number of piperazine rings is 1. The monoisotopic (exact) mass is 441 g/mol. The molecular weight excluding hydrogens is 418 g/mol. The first-order chi connectivity index (χ1) is 16.0. The molecule has 0 saturated carbocycles. The summed E-state index contributed by atoms with van der Waals surface area (Å²) in [5, 5.41) is 2.89. The Bertz CT molecular complexity index is 1220. The average Bonchev–Trinajstić information content (AvgIpc) is 2.98. The van der Waals surface area contributed by atoms with Gasteiger partial charge in [-0.3, -0.25) is 14.4 Å². The fraction of sp³-hybridized carbons (Fsp3) is 0.192. The molecule has 7 heteroatoms. The molecule has 7 nitrogen and oxygen atoms in total. The highest BCUT2D eigenvalue weighted by molar-refractivity contribution is 6.11. The number of ether oxygens (including phenoxy) is 1. The Morgan fingerprint density at radius 3 is 2.39 bits per heavy atom. The number of carbonyl (C=O) groups is 3. The molecule has 0 spiro atoms. The van der Waals surface area contributed by atoms with Crippen molar-refractivity contribution in [2.24, 2.45) is 0 Å². The number of hydrogen-bond acceptors (Lipinski definition) is 4. The van der Waals surface area contributed by atoms with Crippen LogP contribution in [0.5, 0.6) is 5.75 Å². The van der Waals surface area contributed by atoms with Crippen LogP contribution in [-0.4, -0.2) is 60.3 Å². The second-order valence-electron chi connectivity index (χ2n) is 8.11. The summed E-state index contributed by atoms with van der Waals surface area (Å²) in [4.78, 5) is 42.6. The zero-order chi connectivity index (χ0) is 22.9. The fourth-order valence-corrected chi connectivity index (χ4v) is 4.36. The predicted molar refractivity (Wildman–Crippen MR) is 124 cm³/mol. The molecule has 1 N–H and O–H groups in total. The number of methoxy groups -OCH3 is 1. The number of anilines is 1. The predicted octanol–water partition coefficient (Wildman–Crippen LogP) is 3.28. The Labute approximate surface area is 191 Å². The van der Waals surface area contributed by atoms with Gasteiger partial charge in [-0.05, 0) is 47.5 Å². The molecule has 0 unspecified atom stereocenters. The molecule has 1 atom stereocenters. The van der Waals surface area contributed by atoms with Gasteiger partial charge >= 0.3 is 0 Å². The van der Waals surface area contributed by atoms with E-state index in [2.05, 4.69) is 5.32 Å². The van der Waals surface area contributed by atoms with Crippen LogP contribution in [-0.2, 0) is 4.79 Å². The molecule has 166 valence electrons. The molecular formula is C26H23N3O4. The summed E-state index contributed by atoms with van der Waals surface area (Å²) >= 11 is 0. The zero-order valence-electron chi connectivity index (χ0n) is 18.2. The molecule has 2 aliphatic heterocycles. The topological polar surface area (TPSA) is 79.0 Å². The highest BCUT2D eigenvalue weighted by Crippen LogP contribution is 2.31. The summed E-state index contributed by atoms with van der Waals surface area (Å²) in [6, 6.07) is 21.3. The van der Waals surface area contributed by atoms with Gasteiger partial charge in [-0.15, -0.1) is 0 Å². The van der Waals surface area contributed by atoms with Gasteiger partial charge in [0.2, 0.25) is 5.91 Å². The molecule has 0 aliphatic carbocycles. The molecule has 2 aliphatic rings. The van der Waals surface area contributed by atoms with Crippen molar-refractivity contribution in [3.8, 4) is 16.9 Å². The summed E-state index contributed by atoms with van der Waals surface area (Å²) in [7, 11) is 1.61. The van der Waals surface area contributed by atoms with Crippen molar-refractivity contribution in [3.63, 3.8) is 0 Å². The van der Waals surface area contributed by atoms with Gasteiger partial charge in [0.25, 0.3) is 11.8 Å². The quantitative estimate of drug-likeness (QED) is 0.677. The van der Waals surface area contributed by atoms with Gasteiger partial charge < -0.3 is 19.9 Å². The second-order valence-corrected chi connectivity index (χ2v) is 8.11. The van der Waals surface area contributed by atoms with Crippen LogP contribution < -0.4 is 10.1 Å². The first-order valence-electron chi connectivity index (χ1n) is 10.8. The van der Waals surface area contributed by atoms with Gasteiger partial charge in [-0.1, -0.05) is 36.4 Å². The van der Waals surface area contributed by atoms with Crippen molar-refractivity contribution >= 4 is 23.4 Å². The van der Waals surface area contributed by atoms with Crippen molar-refractivity contribution < 1.29 is 19.1 Å². The number of nitrogens with one attached hydrogen (secondary N) is 1. The number of carbonyl (C=O) groups excluding carboxylic acids is 3.